The third kappa shape index (κ3) is 6.32. The van der Waals surface area contributed by atoms with E-state index in [4.69, 9.17) is 16.3 Å². The molecule has 0 aliphatic carbocycles. The van der Waals surface area contributed by atoms with Crippen molar-refractivity contribution in [3.63, 3.8) is 0 Å². The zero-order chi connectivity index (χ0) is 23.1. The maximum atomic E-state index is 13.1. The van der Waals surface area contributed by atoms with Crippen LogP contribution in [0.1, 0.15) is 12.5 Å². The van der Waals surface area contributed by atoms with E-state index in [-0.39, 0.29) is 16.3 Å². The standard InChI is InChI=1S/C23H22BrClN2O4S/c1-2-31-22-13-12-17(15-19(22)25)32(29,30)27-21(14-16-8-4-3-5-9-16)23(28)26-20-11-7-6-10-18(20)24/h3-13,15,21,27H,2,14H2,1H3,(H,26,28)/t21-/m1/s1. The van der Waals surface area contributed by atoms with Crippen LogP contribution in [0.3, 0.4) is 0 Å². The van der Waals surface area contributed by atoms with Gasteiger partial charge in [-0.2, -0.15) is 4.72 Å². The lowest BCUT2D eigenvalue weighted by Gasteiger charge is -2.19. The number of anilines is 1. The molecule has 3 aromatic carbocycles. The first kappa shape index (κ1) is 24.3. The van der Waals surface area contributed by atoms with Crippen LogP contribution in [-0.2, 0) is 21.2 Å². The van der Waals surface area contributed by atoms with Crippen molar-refractivity contribution in [2.24, 2.45) is 0 Å². The SMILES string of the molecule is CCOc1ccc(S(=O)(=O)N[C@H](Cc2ccccc2)C(=O)Nc2ccccc2Br)cc1Cl. The van der Waals surface area contributed by atoms with E-state index in [0.29, 0.717) is 22.5 Å². The van der Waals surface area contributed by atoms with Crippen LogP contribution in [0.4, 0.5) is 5.69 Å². The van der Waals surface area contributed by atoms with Crippen molar-refractivity contribution in [3.8, 4) is 5.75 Å². The molecule has 32 heavy (non-hydrogen) atoms. The smallest absolute Gasteiger partial charge is 0.242 e. The molecule has 168 valence electrons. The number of carbonyl (C=O) groups is 1. The van der Waals surface area contributed by atoms with Gasteiger partial charge in [0.25, 0.3) is 0 Å². The first-order valence-electron chi connectivity index (χ1n) is 9.84. The van der Waals surface area contributed by atoms with Crippen LogP contribution in [0.15, 0.2) is 82.2 Å². The van der Waals surface area contributed by atoms with Gasteiger partial charge in [-0.05, 0) is 65.2 Å². The summed E-state index contributed by atoms with van der Waals surface area (Å²) in [5.74, 6) is -0.0954. The first-order chi connectivity index (χ1) is 15.3. The summed E-state index contributed by atoms with van der Waals surface area (Å²) >= 11 is 9.55. The number of benzene rings is 3. The Morgan fingerprint density at radius 2 is 1.75 bits per heavy atom. The van der Waals surface area contributed by atoms with Gasteiger partial charge >= 0.3 is 0 Å². The van der Waals surface area contributed by atoms with E-state index in [2.05, 4.69) is 26.0 Å². The van der Waals surface area contributed by atoms with E-state index in [9.17, 15) is 13.2 Å². The van der Waals surface area contributed by atoms with Gasteiger partial charge in [0.05, 0.1) is 22.2 Å². The second-order valence-electron chi connectivity index (χ2n) is 6.86. The molecule has 9 heteroatoms. The van der Waals surface area contributed by atoms with E-state index in [1.165, 1.54) is 18.2 Å². The van der Waals surface area contributed by atoms with Crippen molar-refractivity contribution in [1.82, 2.24) is 4.72 Å². The number of hydrogen-bond donors (Lipinski definition) is 2. The fourth-order valence-electron chi connectivity index (χ4n) is 3.00. The molecule has 0 aromatic heterocycles. The summed E-state index contributed by atoms with van der Waals surface area (Å²) < 4.78 is 34.7. The fourth-order valence-corrected chi connectivity index (χ4v) is 4.90. The molecule has 3 rings (SSSR count). The number of nitrogens with one attached hydrogen (secondary N) is 2. The molecule has 0 bridgehead atoms. The quantitative estimate of drug-likeness (QED) is 0.401. The van der Waals surface area contributed by atoms with Gasteiger partial charge in [0, 0.05) is 4.47 Å². The summed E-state index contributed by atoms with van der Waals surface area (Å²) in [6.45, 7) is 2.21. The van der Waals surface area contributed by atoms with Gasteiger partial charge in [0.2, 0.25) is 15.9 Å². The van der Waals surface area contributed by atoms with E-state index in [1.54, 1.807) is 25.1 Å². The molecule has 0 unspecified atom stereocenters. The number of sulfonamides is 1. The highest BCUT2D eigenvalue weighted by Crippen LogP contribution is 2.28. The van der Waals surface area contributed by atoms with Crippen molar-refractivity contribution in [3.05, 3.63) is 87.9 Å². The summed E-state index contributed by atoms with van der Waals surface area (Å²) in [4.78, 5) is 13.0. The Balaban J connectivity index is 1.88. The van der Waals surface area contributed by atoms with Crippen LogP contribution in [0.5, 0.6) is 5.75 Å². The van der Waals surface area contributed by atoms with Crippen molar-refractivity contribution in [1.29, 1.82) is 0 Å². The number of amides is 1. The van der Waals surface area contributed by atoms with Gasteiger partial charge in [-0.3, -0.25) is 4.79 Å². The van der Waals surface area contributed by atoms with Gasteiger partial charge in [-0.15, -0.1) is 0 Å². The topological polar surface area (TPSA) is 84.5 Å². The van der Waals surface area contributed by atoms with Crippen molar-refractivity contribution in [2.45, 2.75) is 24.3 Å². The van der Waals surface area contributed by atoms with Crippen molar-refractivity contribution in [2.75, 3.05) is 11.9 Å². The number of para-hydroxylation sites is 1. The van der Waals surface area contributed by atoms with E-state index in [0.717, 1.165) is 5.56 Å². The van der Waals surface area contributed by atoms with Gasteiger partial charge in [-0.1, -0.05) is 54.1 Å². The van der Waals surface area contributed by atoms with Gasteiger partial charge in [-0.25, -0.2) is 8.42 Å². The maximum Gasteiger partial charge on any atom is 0.242 e. The Labute approximate surface area is 201 Å². The highest BCUT2D eigenvalue weighted by atomic mass is 79.9. The number of halogens is 2. The maximum absolute atomic E-state index is 13.1. The molecule has 0 spiro atoms. The lowest BCUT2D eigenvalue weighted by molar-refractivity contribution is -0.117. The Hall–Kier alpha value is -2.39. The number of rotatable bonds is 9. The molecular formula is C23H22BrClN2O4S. The predicted molar refractivity (Wildman–Crippen MR) is 130 cm³/mol. The second kappa shape index (κ2) is 11.0. The molecule has 1 amide bonds. The molecule has 0 fully saturated rings. The third-order valence-electron chi connectivity index (χ3n) is 4.54. The Morgan fingerprint density at radius 3 is 2.41 bits per heavy atom. The van der Waals surface area contributed by atoms with E-state index < -0.39 is 22.0 Å². The molecule has 6 nitrogen and oxygen atoms in total. The predicted octanol–water partition coefficient (Wildman–Crippen LogP) is 5.03. The monoisotopic (exact) mass is 536 g/mol. The third-order valence-corrected chi connectivity index (χ3v) is 7.00. The molecule has 2 N–H and O–H groups in total. The minimum Gasteiger partial charge on any atom is -0.492 e. The minimum absolute atomic E-state index is 0.0577. The van der Waals surface area contributed by atoms with Crippen LogP contribution in [0, 0.1) is 0 Å². The van der Waals surface area contributed by atoms with E-state index >= 15 is 0 Å². The number of ether oxygens (including phenoxy) is 1. The van der Waals surface area contributed by atoms with Crippen molar-refractivity contribution >= 4 is 49.1 Å². The lowest BCUT2D eigenvalue weighted by Crippen LogP contribution is -2.45. The summed E-state index contributed by atoms with van der Waals surface area (Å²) in [6.07, 6.45) is 0.168. The largest absolute Gasteiger partial charge is 0.492 e. The second-order valence-corrected chi connectivity index (χ2v) is 9.83. The fraction of sp³-hybridized carbons (Fsp3) is 0.174. The van der Waals surface area contributed by atoms with Crippen LogP contribution < -0.4 is 14.8 Å². The average molecular weight is 538 g/mol. The summed E-state index contributed by atoms with van der Waals surface area (Å²) in [7, 11) is -4.04. The molecule has 0 radical (unpaired) electrons. The number of carbonyl (C=O) groups excluding carboxylic acids is 1. The van der Waals surface area contributed by atoms with Crippen LogP contribution in [0.25, 0.3) is 0 Å². The Kier molecular flexibility index (Phi) is 8.31. The minimum atomic E-state index is -4.04. The van der Waals surface area contributed by atoms with Gasteiger partial charge in [0.15, 0.2) is 0 Å². The summed E-state index contributed by atoms with van der Waals surface area (Å²) in [6, 6.07) is 19.4. The van der Waals surface area contributed by atoms with E-state index in [1.807, 2.05) is 36.4 Å². The molecule has 0 aliphatic heterocycles. The molecule has 0 saturated heterocycles. The molecule has 0 heterocycles. The first-order valence-corrected chi connectivity index (χ1v) is 12.5. The van der Waals surface area contributed by atoms with Gasteiger partial charge in [0.1, 0.15) is 11.8 Å². The molecular weight excluding hydrogens is 516 g/mol. The summed E-state index contributed by atoms with van der Waals surface area (Å²) in [5.41, 5.74) is 1.35. The Morgan fingerprint density at radius 1 is 1.06 bits per heavy atom. The zero-order valence-corrected chi connectivity index (χ0v) is 20.4. The lowest BCUT2D eigenvalue weighted by atomic mass is 10.1. The van der Waals surface area contributed by atoms with Crippen LogP contribution in [0.2, 0.25) is 5.02 Å². The zero-order valence-electron chi connectivity index (χ0n) is 17.2. The molecule has 0 aliphatic rings. The van der Waals surface area contributed by atoms with Crippen LogP contribution in [-0.4, -0.2) is 27.0 Å². The average Bonchev–Trinajstić information content (AvgIpc) is 2.77. The Bertz CT molecular complexity index is 1190. The highest BCUT2D eigenvalue weighted by Gasteiger charge is 2.27. The van der Waals surface area contributed by atoms with Gasteiger partial charge < -0.3 is 10.1 Å². The van der Waals surface area contributed by atoms with Crippen molar-refractivity contribution < 1.29 is 17.9 Å². The molecule has 3 aromatic rings. The number of hydrogen-bond acceptors (Lipinski definition) is 4. The molecule has 0 saturated carbocycles. The van der Waals surface area contributed by atoms with Crippen LogP contribution >= 0.6 is 27.5 Å². The summed E-state index contributed by atoms with van der Waals surface area (Å²) in [5, 5.41) is 2.96. The normalized spacial score (nSPS) is 12.2. The highest BCUT2D eigenvalue weighted by molar-refractivity contribution is 9.10. The molecule has 1 atom stereocenters.